The molecule has 0 aromatic heterocycles. The molecule has 1 aromatic rings. The monoisotopic (exact) mass is 218 g/mol. The molecule has 1 aliphatic rings. The number of para-hydroxylation sites is 1. The van der Waals surface area contributed by atoms with Gasteiger partial charge in [0.05, 0.1) is 0 Å². The van der Waals surface area contributed by atoms with Crippen LogP contribution in [0.15, 0.2) is 24.3 Å². The first-order valence-electron chi connectivity index (χ1n) is 5.91. The van der Waals surface area contributed by atoms with E-state index in [0.29, 0.717) is 13.0 Å². The number of rotatable bonds is 3. The highest BCUT2D eigenvalue weighted by atomic mass is 16.2. The Labute approximate surface area is 96.2 Å². The first-order valence-corrected chi connectivity index (χ1v) is 5.91. The van der Waals surface area contributed by atoms with Gasteiger partial charge in [-0.1, -0.05) is 18.2 Å². The highest BCUT2D eigenvalue weighted by Gasteiger charge is 2.21. The summed E-state index contributed by atoms with van der Waals surface area (Å²) in [4.78, 5) is 13.9. The molecule has 3 heteroatoms. The number of benzene rings is 1. The molecule has 1 aromatic carbocycles. The molecule has 0 saturated carbocycles. The zero-order valence-corrected chi connectivity index (χ0v) is 9.48. The fourth-order valence-electron chi connectivity index (χ4n) is 2.18. The van der Waals surface area contributed by atoms with Crippen LogP contribution in [-0.2, 0) is 11.2 Å². The van der Waals surface area contributed by atoms with Crippen molar-refractivity contribution in [3.05, 3.63) is 29.8 Å². The van der Waals surface area contributed by atoms with E-state index in [-0.39, 0.29) is 5.91 Å². The normalized spacial score (nSPS) is 14.7. The fraction of sp³-hybridized carbons (Fsp3) is 0.462. The number of amides is 1. The van der Waals surface area contributed by atoms with Gasteiger partial charge in [0.1, 0.15) is 0 Å². The summed E-state index contributed by atoms with van der Waals surface area (Å²) in [5.74, 6) is 0.206. The van der Waals surface area contributed by atoms with E-state index in [0.717, 1.165) is 31.5 Å². The maximum atomic E-state index is 12.0. The third-order valence-electron chi connectivity index (χ3n) is 3.01. The number of fused-ring (bicyclic) bond motifs is 1. The first-order chi connectivity index (χ1) is 7.83. The minimum Gasteiger partial charge on any atom is -0.330 e. The van der Waals surface area contributed by atoms with E-state index in [1.54, 1.807) is 0 Å². The SMILES string of the molecule is NCCCC(=O)N1CCCc2ccccc21. The molecule has 0 spiro atoms. The minimum atomic E-state index is 0.206. The Kier molecular flexibility index (Phi) is 3.57. The second kappa shape index (κ2) is 5.12. The minimum absolute atomic E-state index is 0.206. The quantitative estimate of drug-likeness (QED) is 0.839. The van der Waals surface area contributed by atoms with Gasteiger partial charge in [0.2, 0.25) is 5.91 Å². The predicted molar refractivity (Wildman–Crippen MR) is 65.4 cm³/mol. The van der Waals surface area contributed by atoms with Crippen LogP contribution in [0.4, 0.5) is 5.69 Å². The van der Waals surface area contributed by atoms with Gasteiger partial charge in [-0.05, 0) is 37.4 Å². The largest absolute Gasteiger partial charge is 0.330 e. The van der Waals surface area contributed by atoms with Gasteiger partial charge in [0.15, 0.2) is 0 Å². The molecule has 1 aliphatic heterocycles. The summed E-state index contributed by atoms with van der Waals surface area (Å²) in [5, 5.41) is 0. The fourth-order valence-corrected chi connectivity index (χ4v) is 2.18. The highest BCUT2D eigenvalue weighted by Crippen LogP contribution is 2.27. The van der Waals surface area contributed by atoms with Gasteiger partial charge >= 0.3 is 0 Å². The van der Waals surface area contributed by atoms with E-state index >= 15 is 0 Å². The molecule has 0 saturated heterocycles. The van der Waals surface area contributed by atoms with Crippen molar-refractivity contribution >= 4 is 11.6 Å². The number of hydrogen-bond acceptors (Lipinski definition) is 2. The molecule has 0 aliphatic carbocycles. The van der Waals surface area contributed by atoms with Crippen molar-refractivity contribution in [2.24, 2.45) is 5.73 Å². The smallest absolute Gasteiger partial charge is 0.227 e. The van der Waals surface area contributed by atoms with Crippen molar-refractivity contribution in [2.75, 3.05) is 18.0 Å². The number of carbonyl (C=O) groups excluding carboxylic acids is 1. The summed E-state index contributed by atoms with van der Waals surface area (Å²) in [6.07, 6.45) is 3.48. The molecule has 3 nitrogen and oxygen atoms in total. The first kappa shape index (κ1) is 11.1. The van der Waals surface area contributed by atoms with Crippen LogP contribution in [0.2, 0.25) is 0 Å². The second-order valence-electron chi connectivity index (χ2n) is 4.17. The molecule has 16 heavy (non-hydrogen) atoms. The van der Waals surface area contributed by atoms with E-state index < -0.39 is 0 Å². The van der Waals surface area contributed by atoms with E-state index in [1.165, 1.54) is 5.56 Å². The molecule has 0 radical (unpaired) electrons. The van der Waals surface area contributed by atoms with Gasteiger partial charge in [0, 0.05) is 18.7 Å². The van der Waals surface area contributed by atoms with Crippen LogP contribution in [0, 0.1) is 0 Å². The molecule has 0 atom stereocenters. The van der Waals surface area contributed by atoms with Crippen molar-refractivity contribution in [2.45, 2.75) is 25.7 Å². The number of carbonyl (C=O) groups is 1. The molecule has 1 heterocycles. The Hall–Kier alpha value is -1.35. The lowest BCUT2D eigenvalue weighted by molar-refractivity contribution is -0.118. The van der Waals surface area contributed by atoms with Gasteiger partial charge < -0.3 is 10.6 Å². The Bertz CT molecular complexity index is 376. The lowest BCUT2D eigenvalue weighted by Crippen LogP contribution is -2.35. The maximum absolute atomic E-state index is 12.0. The Morgan fingerprint density at radius 2 is 2.19 bits per heavy atom. The van der Waals surface area contributed by atoms with Crippen LogP contribution in [0.25, 0.3) is 0 Å². The number of aryl methyl sites for hydroxylation is 1. The van der Waals surface area contributed by atoms with Crippen molar-refractivity contribution in [1.29, 1.82) is 0 Å². The van der Waals surface area contributed by atoms with Gasteiger partial charge in [-0.15, -0.1) is 0 Å². The molecule has 1 amide bonds. The van der Waals surface area contributed by atoms with Crippen LogP contribution >= 0.6 is 0 Å². The Balaban J connectivity index is 2.15. The second-order valence-corrected chi connectivity index (χ2v) is 4.17. The number of nitrogens with two attached hydrogens (primary N) is 1. The van der Waals surface area contributed by atoms with E-state index in [9.17, 15) is 4.79 Å². The summed E-state index contributed by atoms with van der Waals surface area (Å²) in [7, 11) is 0. The summed E-state index contributed by atoms with van der Waals surface area (Å²) < 4.78 is 0. The summed E-state index contributed by atoms with van der Waals surface area (Å²) in [6.45, 7) is 1.43. The Morgan fingerprint density at radius 3 is 3.00 bits per heavy atom. The van der Waals surface area contributed by atoms with Crippen molar-refractivity contribution in [3.8, 4) is 0 Å². The zero-order chi connectivity index (χ0) is 11.4. The third-order valence-corrected chi connectivity index (χ3v) is 3.01. The Morgan fingerprint density at radius 1 is 1.38 bits per heavy atom. The van der Waals surface area contributed by atoms with Crippen LogP contribution in [-0.4, -0.2) is 19.0 Å². The highest BCUT2D eigenvalue weighted by molar-refractivity contribution is 5.94. The number of anilines is 1. The molecule has 2 rings (SSSR count). The van der Waals surface area contributed by atoms with Crippen molar-refractivity contribution < 1.29 is 4.79 Å². The zero-order valence-electron chi connectivity index (χ0n) is 9.48. The molecule has 2 N–H and O–H groups in total. The van der Waals surface area contributed by atoms with Crippen LogP contribution < -0.4 is 10.6 Å². The van der Waals surface area contributed by atoms with Crippen LogP contribution in [0.5, 0.6) is 0 Å². The number of hydrogen-bond donors (Lipinski definition) is 1. The van der Waals surface area contributed by atoms with Crippen LogP contribution in [0.3, 0.4) is 0 Å². The topological polar surface area (TPSA) is 46.3 Å². The molecular formula is C13H18N2O. The van der Waals surface area contributed by atoms with E-state index in [1.807, 2.05) is 23.1 Å². The lowest BCUT2D eigenvalue weighted by atomic mass is 10.0. The average molecular weight is 218 g/mol. The average Bonchev–Trinajstić information content (AvgIpc) is 2.35. The summed E-state index contributed by atoms with van der Waals surface area (Å²) in [6, 6.07) is 8.17. The summed E-state index contributed by atoms with van der Waals surface area (Å²) >= 11 is 0. The molecule has 86 valence electrons. The van der Waals surface area contributed by atoms with Gasteiger partial charge in [-0.2, -0.15) is 0 Å². The van der Waals surface area contributed by atoms with Crippen LogP contribution in [0.1, 0.15) is 24.8 Å². The van der Waals surface area contributed by atoms with Gasteiger partial charge in [-0.3, -0.25) is 4.79 Å². The molecular weight excluding hydrogens is 200 g/mol. The van der Waals surface area contributed by atoms with Crippen molar-refractivity contribution in [3.63, 3.8) is 0 Å². The van der Waals surface area contributed by atoms with E-state index in [2.05, 4.69) is 6.07 Å². The van der Waals surface area contributed by atoms with Gasteiger partial charge in [0.25, 0.3) is 0 Å². The van der Waals surface area contributed by atoms with Gasteiger partial charge in [-0.25, -0.2) is 0 Å². The van der Waals surface area contributed by atoms with E-state index in [4.69, 9.17) is 5.73 Å². The lowest BCUT2D eigenvalue weighted by Gasteiger charge is -2.29. The summed E-state index contributed by atoms with van der Waals surface area (Å²) in [5.41, 5.74) is 7.81. The molecule has 0 bridgehead atoms. The number of nitrogens with zero attached hydrogens (tertiary/aromatic N) is 1. The third kappa shape index (κ3) is 2.25. The standard InChI is InChI=1S/C13H18N2O/c14-9-3-8-13(16)15-10-4-6-11-5-1-2-7-12(11)15/h1-2,5,7H,3-4,6,8-10,14H2. The van der Waals surface area contributed by atoms with Crippen molar-refractivity contribution in [1.82, 2.24) is 0 Å². The maximum Gasteiger partial charge on any atom is 0.227 e. The predicted octanol–water partition coefficient (Wildman–Crippen LogP) is 1.70. The molecule has 0 unspecified atom stereocenters. The molecule has 0 fully saturated rings.